The lowest BCUT2D eigenvalue weighted by atomic mass is 10.0. The molecule has 0 aliphatic rings. The van der Waals surface area contributed by atoms with Gasteiger partial charge in [0.1, 0.15) is 15.3 Å². The molecule has 0 fully saturated rings. The van der Waals surface area contributed by atoms with Gasteiger partial charge >= 0.3 is 5.97 Å². The van der Waals surface area contributed by atoms with E-state index in [2.05, 4.69) is 5.32 Å². The Bertz CT molecular complexity index is 882. The molecule has 0 aliphatic carbocycles. The van der Waals surface area contributed by atoms with Gasteiger partial charge in [-0.2, -0.15) is 5.26 Å². The number of anilines is 1. The molecule has 0 spiro atoms. The second-order valence-corrected chi connectivity index (χ2v) is 7.60. The summed E-state index contributed by atoms with van der Waals surface area (Å²) < 4.78 is 5.05. The van der Waals surface area contributed by atoms with E-state index in [1.54, 1.807) is 13.8 Å². The summed E-state index contributed by atoms with van der Waals surface area (Å²) in [6.07, 6.45) is 0.231. The predicted molar refractivity (Wildman–Crippen MR) is 105 cm³/mol. The Hall–Kier alpha value is -2.30. The molecule has 0 bridgehead atoms. The lowest BCUT2D eigenvalue weighted by molar-refractivity contribution is -0.115. The van der Waals surface area contributed by atoms with Gasteiger partial charge in [0.15, 0.2) is 0 Å². The van der Waals surface area contributed by atoms with Gasteiger partial charge in [-0.05, 0) is 56.1 Å². The van der Waals surface area contributed by atoms with Crippen molar-refractivity contribution in [1.29, 1.82) is 5.26 Å². The molecule has 0 saturated carbocycles. The van der Waals surface area contributed by atoms with E-state index in [-0.39, 0.29) is 18.9 Å². The Morgan fingerprint density at radius 2 is 2.04 bits per heavy atom. The van der Waals surface area contributed by atoms with Crippen molar-refractivity contribution in [2.45, 2.75) is 39.0 Å². The average Bonchev–Trinajstić information content (AvgIpc) is 2.87. The van der Waals surface area contributed by atoms with Crippen LogP contribution in [0, 0.1) is 31.4 Å². The third-order valence-corrected chi connectivity index (χ3v) is 5.92. The summed E-state index contributed by atoms with van der Waals surface area (Å²) in [7, 11) is 0. The van der Waals surface area contributed by atoms with E-state index in [1.165, 1.54) is 0 Å². The number of esters is 1. The maximum atomic E-state index is 12.5. The van der Waals surface area contributed by atoms with Gasteiger partial charge in [0.05, 0.1) is 17.9 Å². The summed E-state index contributed by atoms with van der Waals surface area (Å²) in [5, 5.41) is 14.4. The minimum atomic E-state index is -0.440. The van der Waals surface area contributed by atoms with Crippen LogP contribution in [0.3, 0.4) is 0 Å². The molecule has 0 radical (unpaired) electrons. The molecule has 26 heavy (non-hydrogen) atoms. The number of nitriles is 1. The van der Waals surface area contributed by atoms with E-state index in [1.807, 2.05) is 37.4 Å². The van der Waals surface area contributed by atoms with Gasteiger partial charge in [-0.3, -0.25) is 4.79 Å². The molecule has 7 heteroatoms. The summed E-state index contributed by atoms with van der Waals surface area (Å²) in [5.41, 5.74) is 3.80. The number of hydrogen-bond acceptors (Lipinski definition) is 6. The maximum Gasteiger partial charge on any atom is 0.348 e. The average molecular weight is 389 g/mol. The number of carbonyl (C=O) groups excluding carboxylic acids is 2. The minimum Gasteiger partial charge on any atom is -0.462 e. The van der Waals surface area contributed by atoms with Crippen molar-refractivity contribution in [2.75, 3.05) is 11.9 Å². The molecule has 0 atom stereocenters. The summed E-state index contributed by atoms with van der Waals surface area (Å²) in [6, 6.07) is 5.95. The molecular formula is C19H20N2O3S2. The number of carbonyl (C=O) groups is 2. The molecule has 0 aliphatic heterocycles. The highest BCUT2D eigenvalue weighted by molar-refractivity contribution is 8.04. The number of rotatable bonds is 6. The van der Waals surface area contributed by atoms with Crippen molar-refractivity contribution >= 4 is 40.0 Å². The SMILES string of the molecule is CCOC(=O)c1sc(NC(=O)Cc2ccc(C)cc2C)c(SC#N)c1C. The fraction of sp³-hybridized carbons (Fsp3) is 0.316. The van der Waals surface area contributed by atoms with Crippen molar-refractivity contribution in [2.24, 2.45) is 0 Å². The molecule has 1 aromatic carbocycles. The Morgan fingerprint density at radius 3 is 2.65 bits per heavy atom. The van der Waals surface area contributed by atoms with Crippen LogP contribution in [-0.2, 0) is 16.0 Å². The highest BCUT2D eigenvalue weighted by Crippen LogP contribution is 2.40. The maximum absolute atomic E-state index is 12.5. The van der Waals surface area contributed by atoms with Crippen LogP contribution in [0.4, 0.5) is 5.00 Å². The number of aryl methyl sites for hydroxylation is 2. The molecule has 1 heterocycles. The minimum absolute atomic E-state index is 0.187. The summed E-state index contributed by atoms with van der Waals surface area (Å²) in [4.78, 5) is 25.6. The van der Waals surface area contributed by atoms with Crippen LogP contribution in [0.1, 0.15) is 38.8 Å². The highest BCUT2D eigenvalue weighted by Gasteiger charge is 2.23. The van der Waals surface area contributed by atoms with Crippen molar-refractivity contribution in [3.8, 4) is 5.40 Å². The lowest BCUT2D eigenvalue weighted by Gasteiger charge is -2.08. The first-order valence-corrected chi connectivity index (χ1v) is 9.73. The number of benzene rings is 1. The van der Waals surface area contributed by atoms with E-state index in [0.717, 1.165) is 39.8 Å². The molecule has 1 amide bonds. The van der Waals surface area contributed by atoms with E-state index < -0.39 is 5.97 Å². The zero-order chi connectivity index (χ0) is 19.3. The van der Waals surface area contributed by atoms with Gasteiger partial charge in [-0.25, -0.2) is 4.79 Å². The third kappa shape index (κ3) is 4.65. The second kappa shape index (κ2) is 8.88. The van der Waals surface area contributed by atoms with Crippen LogP contribution in [0.25, 0.3) is 0 Å². The van der Waals surface area contributed by atoms with Crippen LogP contribution < -0.4 is 5.32 Å². The van der Waals surface area contributed by atoms with Gasteiger partial charge < -0.3 is 10.1 Å². The van der Waals surface area contributed by atoms with Gasteiger partial charge in [-0.15, -0.1) is 11.3 Å². The first kappa shape index (κ1) is 20.0. The second-order valence-electron chi connectivity index (χ2n) is 5.78. The number of nitrogens with one attached hydrogen (secondary N) is 1. The van der Waals surface area contributed by atoms with Crippen LogP contribution in [0.5, 0.6) is 0 Å². The summed E-state index contributed by atoms with van der Waals surface area (Å²) in [6.45, 7) is 7.74. The van der Waals surface area contributed by atoms with Crippen LogP contribution in [0.2, 0.25) is 0 Å². The Morgan fingerprint density at radius 1 is 1.31 bits per heavy atom. The van der Waals surface area contributed by atoms with Gasteiger partial charge in [0.25, 0.3) is 0 Å². The van der Waals surface area contributed by atoms with Crippen LogP contribution >= 0.6 is 23.1 Å². The van der Waals surface area contributed by atoms with Crippen molar-refractivity contribution < 1.29 is 14.3 Å². The molecule has 5 nitrogen and oxygen atoms in total. The quantitative estimate of drug-likeness (QED) is 0.444. The zero-order valence-corrected chi connectivity index (χ0v) is 16.8. The molecular weight excluding hydrogens is 368 g/mol. The third-order valence-electron chi connectivity index (χ3n) is 3.80. The van der Waals surface area contributed by atoms with Crippen molar-refractivity contribution in [3.05, 3.63) is 45.3 Å². The first-order valence-electron chi connectivity index (χ1n) is 8.09. The standard InChI is InChI=1S/C19H20N2O3S2/c1-5-24-19(23)17-13(4)16(25-10-20)18(26-17)21-15(22)9-14-7-6-11(2)8-12(14)3/h6-8H,5,9H2,1-4H3,(H,21,22). The van der Waals surface area contributed by atoms with Crippen LogP contribution in [0.15, 0.2) is 23.1 Å². The smallest absolute Gasteiger partial charge is 0.348 e. The van der Waals surface area contributed by atoms with E-state index in [0.29, 0.717) is 20.3 Å². The molecule has 0 saturated heterocycles. The number of thiocyanates is 1. The molecule has 2 rings (SSSR count). The van der Waals surface area contributed by atoms with Crippen molar-refractivity contribution in [3.63, 3.8) is 0 Å². The lowest BCUT2D eigenvalue weighted by Crippen LogP contribution is -2.14. The fourth-order valence-corrected chi connectivity index (χ4v) is 4.35. The largest absolute Gasteiger partial charge is 0.462 e. The monoisotopic (exact) mass is 388 g/mol. The fourth-order valence-electron chi connectivity index (χ4n) is 2.53. The number of thioether (sulfide) groups is 1. The number of ether oxygens (including phenoxy) is 1. The van der Waals surface area contributed by atoms with E-state index in [9.17, 15) is 9.59 Å². The first-order chi connectivity index (χ1) is 12.4. The zero-order valence-electron chi connectivity index (χ0n) is 15.1. The van der Waals surface area contributed by atoms with Gasteiger partial charge in [0, 0.05) is 0 Å². The summed E-state index contributed by atoms with van der Waals surface area (Å²) in [5.74, 6) is -0.627. The van der Waals surface area contributed by atoms with Gasteiger partial charge in [-0.1, -0.05) is 23.8 Å². The number of amides is 1. The van der Waals surface area contributed by atoms with E-state index >= 15 is 0 Å². The molecule has 2 aromatic rings. The normalized spacial score (nSPS) is 10.3. The van der Waals surface area contributed by atoms with Crippen molar-refractivity contribution in [1.82, 2.24) is 0 Å². The Balaban J connectivity index is 2.24. The number of hydrogen-bond donors (Lipinski definition) is 1. The summed E-state index contributed by atoms with van der Waals surface area (Å²) >= 11 is 2.07. The molecule has 1 aromatic heterocycles. The number of thiophene rings is 1. The van der Waals surface area contributed by atoms with Gasteiger partial charge in [0.2, 0.25) is 5.91 Å². The predicted octanol–water partition coefficient (Wildman–Crippen LogP) is 4.60. The molecule has 1 N–H and O–H groups in total. The topological polar surface area (TPSA) is 79.2 Å². The van der Waals surface area contributed by atoms with E-state index in [4.69, 9.17) is 10.00 Å². The number of nitrogens with zero attached hydrogens (tertiary/aromatic N) is 1. The molecule has 0 unspecified atom stereocenters. The molecule has 136 valence electrons. The Kier molecular flexibility index (Phi) is 6.83. The Labute approximate surface area is 161 Å². The van der Waals surface area contributed by atoms with Crippen LogP contribution in [-0.4, -0.2) is 18.5 Å². The highest BCUT2D eigenvalue weighted by atomic mass is 32.2.